The second kappa shape index (κ2) is 13.4. The highest BCUT2D eigenvalue weighted by molar-refractivity contribution is 7.99. The number of nitrogens with two attached hydrogens (primary N) is 1. The number of thioether (sulfide) groups is 1. The summed E-state index contributed by atoms with van der Waals surface area (Å²) in [6.45, 7) is 8.46. The molecule has 31 heavy (non-hydrogen) atoms. The summed E-state index contributed by atoms with van der Waals surface area (Å²) < 4.78 is 0. The Kier molecular flexibility index (Phi) is 11.6. The highest BCUT2D eigenvalue weighted by Gasteiger charge is 2.56. The summed E-state index contributed by atoms with van der Waals surface area (Å²) in [4.78, 5) is 35.6. The van der Waals surface area contributed by atoms with Crippen LogP contribution in [0.2, 0.25) is 0 Å². The fraction of sp³-hybridized carbons (Fsp3) is 0.609. The van der Waals surface area contributed by atoms with Crippen LogP contribution in [0.25, 0.3) is 0 Å². The largest absolute Gasteiger partial charge is 0.480 e. The number of allylic oxidation sites excluding steroid dienone is 5. The number of carboxylic acid groups (broad SMARTS) is 1. The van der Waals surface area contributed by atoms with Gasteiger partial charge >= 0.3 is 5.97 Å². The van der Waals surface area contributed by atoms with Crippen LogP contribution in [0.3, 0.4) is 0 Å². The standard InChI is InChI=1S/C23H37N3O4S/c1-16(2)7-5-8-17(3)9-6-10-18(4)11-14-31-15-19(20(27)28)25-21(29)23(12-13-23)22(30)26-24/h7,9,11,19H,5-6,8,10,12-15,24H2,1-4H3,(H,25,29)(H,26,30)(H,27,28). The molecule has 1 unspecified atom stereocenters. The predicted octanol–water partition coefficient (Wildman–Crippen LogP) is 3.48. The fourth-order valence-electron chi connectivity index (χ4n) is 3.02. The van der Waals surface area contributed by atoms with Crippen LogP contribution in [-0.4, -0.2) is 40.4 Å². The van der Waals surface area contributed by atoms with Gasteiger partial charge < -0.3 is 10.4 Å². The Balaban J connectivity index is 2.38. The number of hydrogen-bond donors (Lipinski definition) is 4. The molecule has 1 aliphatic carbocycles. The molecule has 1 atom stereocenters. The first-order valence-corrected chi connectivity index (χ1v) is 11.8. The molecule has 1 aliphatic rings. The van der Waals surface area contributed by atoms with Crippen molar-refractivity contribution < 1.29 is 19.5 Å². The molecule has 5 N–H and O–H groups in total. The van der Waals surface area contributed by atoms with Gasteiger partial charge in [-0.25, -0.2) is 10.6 Å². The van der Waals surface area contributed by atoms with E-state index in [1.165, 1.54) is 28.5 Å². The quantitative estimate of drug-likeness (QED) is 0.0801. The zero-order chi connectivity index (χ0) is 23.4. The first kappa shape index (κ1) is 27.0. The van der Waals surface area contributed by atoms with E-state index < -0.39 is 29.2 Å². The van der Waals surface area contributed by atoms with Crippen LogP contribution in [-0.2, 0) is 14.4 Å². The molecule has 0 aromatic rings. The summed E-state index contributed by atoms with van der Waals surface area (Å²) >= 11 is 1.44. The first-order chi connectivity index (χ1) is 14.6. The molecule has 174 valence electrons. The predicted molar refractivity (Wildman–Crippen MR) is 126 cm³/mol. The molecule has 2 amide bonds. The van der Waals surface area contributed by atoms with Gasteiger partial charge in [0.15, 0.2) is 0 Å². The van der Waals surface area contributed by atoms with Gasteiger partial charge in [-0.15, -0.1) is 0 Å². The van der Waals surface area contributed by atoms with Crippen molar-refractivity contribution in [1.29, 1.82) is 0 Å². The highest BCUT2D eigenvalue weighted by Crippen LogP contribution is 2.46. The average Bonchev–Trinajstić information content (AvgIpc) is 3.51. The third kappa shape index (κ3) is 9.74. The molecular weight excluding hydrogens is 414 g/mol. The molecule has 0 bridgehead atoms. The number of hydrogen-bond acceptors (Lipinski definition) is 5. The van der Waals surface area contributed by atoms with E-state index in [1.807, 2.05) is 5.43 Å². The smallest absolute Gasteiger partial charge is 0.327 e. The lowest BCUT2D eigenvalue weighted by molar-refractivity contribution is -0.144. The van der Waals surface area contributed by atoms with E-state index in [-0.39, 0.29) is 5.75 Å². The van der Waals surface area contributed by atoms with Gasteiger partial charge in [-0.1, -0.05) is 34.9 Å². The molecule has 1 rings (SSSR count). The molecule has 0 saturated heterocycles. The third-order valence-corrected chi connectivity index (χ3v) is 6.28. The van der Waals surface area contributed by atoms with Crippen molar-refractivity contribution in [2.75, 3.05) is 11.5 Å². The first-order valence-electron chi connectivity index (χ1n) is 10.7. The molecular formula is C23H37N3O4S. The number of carboxylic acids is 1. The number of carbonyl (C=O) groups excluding carboxylic acids is 2. The van der Waals surface area contributed by atoms with Crippen LogP contribution in [0, 0.1) is 5.41 Å². The van der Waals surface area contributed by atoms with Crippen molar-refractivity contribution in [1.82, 2.24) is 10.7 Å². The molecule has 0 aliphatic heterocycles. The maximum atomic E-state index is 12.3. The van der Waals surface area contributed by atoms with Gasteiger partial charge in [0.05, 0.1) is 0 Å². The Morgan fingerprint density at radius 2 is 1.58 bits per heavy atom. The molecule has 0 radical (unpaired) electrons. The molecule has 1 saturated carbocycles. The minimum Gasteiger partial charge on any atom is -0.480 e. The molecule has 1 fully saturated rings. The van der Waals surface area contributed by atoms with E-state index in [2.05, 4.69) is 51.2 Å². The minimum absolute atomic E-state index is 0.231. The number of nitrogens with one attached hydrogen (secondary N) is 2. The monoisotopic (exact) mass is 451 g/mol. The molecule has 8 heteroatoms. The second-order valence-electron chi connectivity index (χ2n) is 8.42. The van der Waals surface area contributed by atoms with Gasteiger partial charge in [-0.3, -0.25) is 15.0 Å². The van der Waals surface area contributed by atoms with Crippen LogP contribution >= 0.6 is 11.8 Å². The summed E-state index contributed by atoms with van der Waals surface area (Å²) in [5.41, 5.74) is 4.79. The van der Waals surface area contributed by atoms with E-state index in [9.17, 15) is 19.5 Å². The average molecular weight is 452 g/mol. The van der Waals surface area contributed by atoms with E-state index >= 15 is 0 Å². The summed E-state index contributed by atoms with van der Waals surface area (Å²) in [5.74, 6) is 3.78. The third-order valence-electron chi connectivity index (χ3n) is 5.31. The van der Waals surface area contributed by atoms with Gasteiger partial charge in [0.1, 0.15) is 11.5 Å². The van der Waals surface area contributed by atoms with E-state index in [4.69, 9.17) is 5.84 Å². The van der Waals surface area contributed by atoms with Crippen LogP contribution in [0.15, 0.2) is 34.9 Å². The number of amides is 2. The Morgan fingerprint density at radius 1 is 1.00 bits per heavy atom. The normalized spacial score (nSPS) is 16.3. The lowest BCUT2D eigenvalue weighted by atomic mass is 10.1. The van der Waals surface area contributed by atoms with E-state index in [0.717, 1.165) is 25.7 Å². The summed E-state index contributed by atoms with van der Waals surface area (Å²) in [6, 6.07) is -1.04. The van der Waals surface area contributed by atoms with E-state index in [0.29, 0.717) is 18.6 Å². The Bertz CT molecular complexity index is 735. The van der Waals surface area contributed by atoms with Crippen molar-refractivity contribution in [2.45, 2.75) is 72.3 Å². The van der Waals surface area contributed by atoms with Crippen LogP contribution in [0.5, 0.6) is 0 Å². The maximum Gasteiger partial charge on any atom is 0.327 e. The van der Waals surface area contributed by atoms with Crippen molar-refractivity contribution in [2.24, 2.45) is 11.3 Å². The summed E-state index contributed by atoms with van der Waals surface area (Å²) in [7, 11) is 0. The lowest BCUT2D eigenvalue weighted by Gasteiger charge is -2.18. The van der Waals surface area contributed by atoms with Crippen LogP contribution < -0.4 is 16.6 Å². The van der Waals surface area contributed by atoms with Gasteiger partial charge in [0.2, 0.25) is 11.8 Å². The SMILES string of the molecule is CC(C)=CCCC(C)=CCCC(C)=CCSCC(NC(=O)C1(C(=O)NN)CC1)C(=O)O. The van der Waals surface area contributed by atoms with Crippen molar-refractivity contribution in [3.8, 4) is 0 Å². The second-order valence-corrected chi connectivity index (χ2v) is 9.49. The van der Waals surface area contributed by atoms with E-state index in [1.54, 1.807) is 0 Å². The lowest BCUT2D eigenvalue weighted by Crippen LogP contribution is -2.51. The Morgan fingerprint density at radius 3 is 2.10 bits per heavy atom. The highest BCUT2D eigenvalue weighted by atomic mass is 32.2. The topological polar surface area (TPSA) is 122 Å². The summed E-state index contributed by atoms with van der Waals surface area (Å²) in [5, 5.41) is 11.9. The van der Waals surface area contributed by atoms with Crippen LogP contribution in [0.1, 0.15) is 66.2 Å². The summed E-state index contributed by atoms with van der Waals surface area (Å²) in [6.07, 6.45) is 11.5. The molecule has 0 heterocycles. The fourth-order valence-corrected chi connectivity index (χ4v) is 4.02. The maximum absolute atomic E-state index is 12.3. The Hall–Kier alpha value is -2.06. The zero-order valence-corrected chi connectivity index (χ0v) is 19.9. The van der Waals surface area contributed by atoms with Gasteiger partial charge in [0.25, 0.3) is 0 Å². The van der Waals surface area contributed by atoms with Gasteiger partial charge in [0, 0.05) is 11.5 Å². The van der Waals surface area contributed by atoms with Gasteiger partial charge in [-0.05, 0) is 66.2 Å². The number of rotatable bonds is 14. The molecule has 0 aromatic heterocycles. The Labute approximate surface area is 190 Å². The molecule has 0 aromatic carbocycles. The van der Waals surface area contributed by atoms with Crippen molar-refractivity contribution >= 4 is 29.5 Å². The number of carbonyl (C=O) groups is 3. The minimum atomic E-state index is -1.21. The van der Waals surface area contributed by atoms with Gasteiger partial charge in [-0.2, -0.15) is 11.8 Å². The molecule has 0 spiro atoms. The number of hydrazine groups is 1. The zero-order valence-electron chi connectivity index (χ0n) is 19.1. The molecule has 7 nitrogen and oxygen atoms in total. The van der Waals surface area contributed by atoms with Crippen molar-refractivity contribution in [3.05, 3.63) is 34.9 Å². The number of aliphatic carboxylic acids is 1. The van der Waals surface area contributed by atoms with Crippen molar-refractivity contribution in [3.63, 3.8) is 0 Å². The van der Waals surface area contributed by atoms with Crippen LogP contribution in [0.4, 0.5) is 0 Å².